The molecule has 2 N–H and O–H groups in total. The molecule has 2 aromatic rings. The van der Waals surface area contributed by atoms with E-state index in [1.807, 2.05) is 18.2 Å². The maximum absolute atomic E-state index is 5.53. The molecule has 32 heavy (non-hydrogen) atoms. The largest absolute Gasteiger partial charge is 0.496 e. The van der Waals surface area contributed by atoms with Gasteiger partial charge in [-0.1, -0.05) is 6.07 Å². The number of rotatable bonds is 8. The Balaban J connectivity index is 1.34. The quantitative estimate of drug-likeness (QED) is 0.645. The van der Waals surface area contributed by atoms with E-state index in [1.165, 1.54) is 24.1 Å². The van der Waals surface area contributed by atoms with E-state index >= 15 is 0 Å². The first kappa shape index (κ1) is 22.6. The molecule has 1 aromatic carbocycles. The Morgan fingerprint density at radius 3 is 2.25 bits per heavy atom. The highest BCUT2D eigenvalue weighted by molar-refractivity contribution is 5.53. The lowest BCUT2D eigenvalue weighted by atomic mass is 9.91. The molecule has 0 amide bonds. The molecule has 1 aromatic heterocycles. The molecular formula is C25H37N5O2. The standard InChI is InChI=1S/C25H37N5O2/c1-30(2)24-19-8-5-6-9-21(19)28-25(29-24)27-18-14-12-17(13-15-18)26-16-20-22(31-3)10-7-11-23(20)32-4/h7,10-11,17-18,26H,5-6,8-9,12-16H2,1-4H3,(H,27,28,29)/t17-,18+. The topological polar surface area (TPSA) is 71.5 Å². The SMILES string of the molecule is COc1cccc(OC)c1CN[C@H]1CC[C@@H](Nc2nc3c(c(N(C)C)n2)CCCC3)CC1. The lowest BCUT2D eigenvalue weighted by molar-refractivity contribution is 0.341. The first-order valence-corrected chi connectivity index (χ1v) is 11.9. The number of anilines is 2. The van der Waals surface area contributed by atoms with Crippen LogP contribution in [-0.4, -0.2) is 50.4 Å². The Kier molecular flexibility index (Phi) is 7.35. The molecule has 7 nitrogen and oxygen atoms in total. The van der Waals surface area contributed by atoms with Gasteiger partial charge in [0.2, 0.25) is 5.95 Å². The lowest BCUT2D eigenvalue weighted by Gasteiger charge is -2.31. The van der Waals surface area contributed by atoms with Crippen LogP contribution in [0.1, 0.15) is 55.3 Å². The third kappa shape index (κ3) is 5.09. The first-order valence-electron chi connectivity index (χ1n) is 11.9. The van der Waals surface area contributed by atoms with Gasteiger partial charge in [0.15, 0.2) is 0 Å². The summed E-state index contributed by atoms with van der Waals surface area (Å²) in [4.78, 5) is 11.9. The third-order valence-corrected chi connectivity index (χ3v) is 6.74. The number of nitrogens with zero attached hydrogens (tertiary/aromatic N) is 3. The summed E-state index contributed by atoms with van der Waals surface area (Å²) in [5.41, 5.74) is 3.65. The normalized spacial score (nSPS) is 20.4. The van der Waals surface area contributed by atoms with Crippen LogP contribution in [0.25, 0.3) is 0 Å². The van der Waals surface area contributed by atoms with Gasteiger partial charge in [0, 0.05) is 43.9 Å². The second kappa shape index (κ2) is 10.4. The molecule has 4 rings (SSSR count). The molecule has 0 bridgehead atoms. The van der Waals surface area contributed by atoms with Gasteiger partial charge in [-0.05, 0) is 63.5 Å². The fourth-order valence-electron chi connectivity index (χ4n) is 4.98. The Morgan fingerprint density at radius 1 is 0.938 bits per heavy atom. The molecule has 0 aliphatic heterocycles. The number of hydrogen-bond donors (Lipinski definition) is 2. The number of methoxy groups -OCH3 is 2. The maximum atomic E-state index is 5.53. The Morgan fingerprint density at radius 2 is 1.59 bits per heavy atom. The predicted octanol–water partition coefficient (Wildman–Crippen LogP) is 3.95. The van der Waals surface area contributed by atoms with Crippen LogP contribution in [0.2, 0.25) is 0 Å². The molecule has 2 aliphatic carbocycles. The number of hydrogen-bond acceptors (Lipinski definition) is 7. The highest BCUT2D eigenvalue weighted by Gasteiger charge is 2.24. The van der Waals surface area contributed by atoms with Crippen molar-refractivity contribution in [2.24, 2.45) is 0 Å². The summed E-state index contributed by atoms with van der Waals surface area (Å²) < 4.78 is 11.1. The molecule has 2 aliphatic rings. The van der Waals surface area contributed by atoms with Crippen LogP contribution in [-0.2, 0) is 19.4 Å². The van der Waals surface area contributed by atoms with E-state index in [0.29, 0.717) is 12.1 Å². The molecule has 0 saturated heterocycles. The van der Waals surface area contributed by atoms with E-state index in [1.54, 1.807) is 14.2 Å². The smallest absolute Gasteiger partial charge is 0.225 e. The van der Waals surface area contributed by atoms with E-state index < -0.39 is 0 Å². The molecule has 0 unspecified atom stereocenters. The fourth-order valence-corrected chi connectivity index (χ4v) is 4.98. The van der Waals surface area contributed by atoms with Crippen LogP contribution in [0.4, 0.5) is 11.8 Å². The van der Waals surface area contributed by atoms with E-state index in [4.69, 9.17) is 19.4 Å². The molecule has 0 radical (unpaired) electrons. The molecule has 0 atom stereocenters. The van der Waals surface area contributed by atoms with Gasteiger partial charge in [-0.2, -0.15) is 4.98 Å². The summed E-state index contributed by atoms with van der Waals surface area (Å²) in [5, 5.41) is 7.35. The van der Waals surface area contributed by atoms with Crippen LogP contribution in [0.15, 0.2) is 18.2 Å². The first-order chi connectivity index (χ1) is 15.6. The molecule has 1 fully saturated rings. The minimum Gasteiger partial charge on any atom is -0.496 e. The van der Waals surface area contributed by atoms with Gasteiger partial charge in [0.05, 0.1) is 19.9 Å². The van der Waals surface area contributed by atoms with Crippen LogP contribution < -0.4 is 25.0 Å². The van der Waals surface area contributed by atoms with Crippen molar-refractivity contribution in [1.29, 1.82) is 0 Å². The van der Waals surface area contributed by atoms with E-state index in [-0.39, 0.29) is 0 Å². The van der Waals surface area contributed by atoms with Crippen molar-refractivity contribution in [2.75, 3.05) is 38.5 Å². The summed E-state index contributed by atoms with van der Waals surface area (Å²) in [5.74, 6) is 3.62. The predicted molar refractivity (Wildman–Crippen MR) is 129 cm³/mol. The van der Waals surface area contributed by atoms with E-state index in [0.717, 1.165) is 73.9 Å². The number of benzene rings is 1. The van der Waals surface area contributed by atoms with Crippen molar-refractivity contribution in [3.63, 3.8) is 0 Å². The van der Waals surface area contributed by atoms with Crippen LogP contribution in [0.5, 0.6) is 11.5 Å². The summed E-state index contributed by atoms with van der Waals surface area (Å²) >= 11 is 0. The van der Waals surface area contributed by atoms with Crippen LogP contribution >= 0.6 is 0 Å². The molecular weight excluding hydrogens is 402 g/mol. The van der Waals surface area contributed by atoms with Crippen LogP contribution in [0.3, 0.4) is 0 Å². The van der Waals surface area contributed by atoms with Crippen molar-refractivity contribution in [3.05, 3.63) is 35.0 Å². The Bertz CT molecular complexity index is 887. The number of fused-ring (bicyclic) bond motifs is 1. The van der Waals surface area contributed by atoms with Gasteiger partial charge >= 0.3 is 0 Å². The summed E-state index contributed by atoms with van der Waals surface area (Å²) in [6.07, 6.45) is 9.09. The number of aromatic nitrogens is 2. The zero-order valence-corrected chi connectivity index (χ0v) is 19.9. The van der Waals surface area contributed by atoms with Crippen molar-refractivity contribution in [3.8, 4) is 11.5 Å². The minimum atomic E-state index is 0.422. The van der Waals surface area contributed by atoms with E-state index in [9.17, 15) is 0 Å². The van der Waals surface area contributed by atoms with Gasteiger partial charge in [-0.3, -0.25) is 0 Å². The average molecular weight is 440 g/mol. The second-order valence-electron chi connectivity index (χ2n) is 9.11. The average Bonchev–Trinajstić information content (AvgIpc) is 2.82. The zero-order chi connectivity index (χ0) is 22.5. The maximum Gasteiger partial charge on any atom is 0.225 e. The summed E-state index contributed by atoms with van der Waals surface area (Å²) in [6.45, 7) is 0.746. The Hall–Kier alpha value is -2.54. The molecule has 1 heterocycles. The molecule has 0 spiro atoms. The molecule has 174 valence electrons. The van der Waals surface area contributed by atoms with Gasteiger partial charge in [-0.15, -0.1) is 0 Å². The second-order valence-corrected chi connectivity index (χ2v) is 9.11. The molecule has 7 heteroatoms. The van der Waals surface area contributed by atoms with Crippen molar-refractivity contribution < 1.29 is 9.47 Å². The van der Waals surface area contributed by atoms with Crippen molar-refractivity contribution in [2.45, 2.75) is 70.0 Å². The van der Waals surface area contributed by atoms with Gasteiger partial charge in [0.1, 0.15) is 17.3 Å². The highest BCUT2D eigenvalue weighted by Crippen LogP contribution is 2.31. The fraction of sp³-hybridized carbons (Fsp3) is 0.600. The minimum absolute atomic E-state index is 0.422. The summed E-state index contributed by atoms with van der Waals surface area (Å²) in [7, 11) is 7.57. The van der Waals surface area contributed by atoms with Gasteiger partial charge in [-0.25, -0.2) is 4.98 Å². The number of ether oxygens (including phenoxy) is 2. The zero-order valence-electron chi connectivity index (χ0n) is 19.9. The van der Waals surface area contributed by atoms with E-state index in [2.05, 4.69) is 29.6 Å². The van der Waals surface area contributed by atoms with Gasteiger partial charge in [0.25, 0.3) is 0 Å². The van der Waals surface area contributed by atoms with Crippen molar-refractivity contribution >= 4 is 11.8 Å². The third-order valence-electron chi connectivity index (χ3n) is 6.74. The monoisotopic (exact) mass is 439 g/mol. The van der Waals surface area contributed by atoms with Crippen LogP contribution in [0, 0.1) is 0 Å². The highest BCUT2D eigenvalue weighted by atomic mass is 16.5. The number of aryl methyl sites for hydroxylation is 1. The lowest BCUT2D eigenvalue weighted by Crippen LogP contribution is -2.37. The summed E-state index contributed by atoms with van der Waals surface area (Å²) in [6, 6.07) is 6.85. The Labute approximate surface area is 191 Å². The molecule has 1 saturated carbocycles. The van der Waals surface area contributed by atoms with Crippen molar-refractivity contribution in [1.82, 2.24) is 15.3 Å². The van der Waals surface area contributed by atoms with Gasteiger partial charge < -0.3 is 25.0 Å². The number of nitrogens with one attached hydrogen (secondary N) is 2.